The lowest BCUT2D eigenvalue weighted by atomic mass is 10.2. The minimum absolute atomic E-state index is 0.179. The molecule has 0 unspecified atom stereocenters. The van der Waals surface area contributed by atoms with Crippen molar-refractivity contribution in [3.05, 3.63) is 64.1 Å². The molecule has 2 aromatic carbocycles. The Hall–Kier alpha value is -2.14. The maximum absolute atomic E-state index is 11.6. The number of aryl methyl sites for hydroxylation is 1. The highest BCUT2D eigenvalue weighted by Gasteiger charge is 1.99. The zero-order valence-corrected chi connectivity index (χ0v) is 13.2. The number of hydrogen-bond acceptors (Lipinski definition) is 3. The third-order valence-corrected chi connectivity index (χ3v) is 3.25. The second kappa shape index (κ2) is 7.59. The third kappa shape index (κ3) is 5.39. The maximum Gasteiger partial charge on any atom is 0.259 e. The van der Waals surface area contributed by atoms with E-state index in [1.54, 1.807) is 6.21 Å². The first kappa shape index (κ1) is 15.3. The van der Waals surface area contributed by atoms with Gasteiger partial charge in [0.05, 0.1) is 12.8 Å². The molecule has 0 spiro atoms. The highest BCUT2D eigenvalue weighted by molar-refractivity contribution is 9.10. The van der Waals surface area contributed by atoms with Crippen LogP contribution >= 0.6 is 15.9 Å². The standard InChI is InChI=1S/C16H16BrN3O/c1-12-5-7-15(8-6-12)18-11-16(21)20-19-10-13-3-2-4-14(17)9-13/h2-10,18H,11H2,1H3,(H,20,21)/b19-10+. The number of nitrogens with zero attached hydrogens (tertiary/aromatic N) is 1. The van der Waals surface area contributed by atoms with Crippen LogP contribution in [-0.2, 0) is 4.79 Å². The Morgan fingerprint density at radius 2 is 2.00 bits per heavy atom. The third-order valence-electron chi connectivity index (χ3n) is 2.76. The minimum atomic E-state index is -0.193. The first-order valence-corrected chi connectivity index (χ1v) is 7.31. The molecule has 0 aromatic heterocycles. The van der Waals surface area contributed by atoms with E-state index in [9.17, 15) is 4.79 Å². The number of benzene rings is 2. The van der Waals surface area contributed by atoms with Crippen molar-refractivity contribution in [2.24, 2.45) is 5.10 Å². The van der Waals surface area contributed by atoms with Gasteiger partial charge in [0.2, 0.25) is 0 Å². The van der Waals surface area contributed by atoms with Crippen molar-refractivity contribution in [1.82, 2.24) is 5.43 Å². The van der Waals surface area contributed by atoms with Crippen molar-refractivity contribution < 1.29 is 4.79 Å². The van der Waals surface area contributed by atoms with Gasteiger partial charge in [-0.1, -0.05) is 45.8 Å². The molecular weight excluding hydrogens is 330 g/mol. The van der Waals surface area contributed by atoms with Crippen LogP contribution in [0.2, 0.25) is 0 Å². The number of hydrazone groups is 1. The van der Waals surface area contributed by atoms with E-state index in [-0.39, 0.29) is 12.5 Å². The Morgan fingerprint density at radius 3 is 2.71 bits per heavy atom. The smallest absolute Gasteiger partial charge is 0.259 e. The van der Waals surface area contributed by atoms with Gasteiger partial charge in [0.25, 0.3) is 5.91 Å². The molecule has 0 heterocycles. The molecule has 2 aromatic rings. The molecule has 4 nitrogen and oxygen atoms in total. The topological polar surface area (TPSA) is 53.5 Å². The van der Waals surface area contributed by atoms with E-state index in [0.29, 0.717) is 0 Å². The van der Waals surface area contributed by atoms with Crippen molar-refractivity contribution in [3.63, 3.8) is 0 Å². The largest absolute Gasteiger partial charge is 0.376 e. The molecule has 0 bridgehead atoms. The number of carbonyl (C=O) groups excluding carboxylic acids is 1. The second-order valence-corrected chi connectivity index (χ2v) is 5.48. The Balaban J connectivity index is 1.78. The summed E-state index contributed by atoms with van der Waals surface area (Å²) in [5.41, 5.74) is 5.49. The van der Waals surface area contributed by atoms with Gasteiger partial charge in [0.1, 0.15) is 0 Å². The zero-order valence-electron chi connectivity index (χ0n) is 11.6. The van der Waals surface area contributed by atoms with E-state index >= 15 is 0 Å². The van der Waals surface area contributed by atoms with Crippen LogP contribution in [-0.4, -0.2) is 18.7 Å². The van der Waals surface area contributed by atoms with E-state index in [2.05, 4.69) is 31.8 Å². The molecule has 2 rings (SSSR count). The molecule has 0 saturated carbocycles. The lowest BCUT2D eigenvalue weighted by molar-refractivity contribution is -0.119. The highest BCUT2D eigenvalue weighted by atomic mass is 79.9. The fourth-order valence-electron chi connectivity index (χ4n) is 1.66. The van der Waals surface area contributed by atoms with Gasteiger partial charge in [-0.05, 0) is 36.8 Å². The molecule has 0 aliphatic carbocycles. The molecular formula is C16H16BrN3O. The van der Waals surface area contributed by atoms with Gasteiger partial charge in [-0.25, -0.2) is 5.43 Å². The summed E-state index contributed by atoms with van der Waals surface area (Å²) in [4.78, 5) is 11.6. The van der Waals surface area contributed by atoms with E-state index in [4.69, 9.17) is 0 Å². The van der Waals surface area contributed by atoms with E-state index in [0.717, 1.165) is 15.7 Å². The van der Waals surface area contributed by atoms with Crippen LogP contribution in [0.4, 0.5) is 5.69 Å². The van der Waals surface area contributed by atoms with E-state index in [1.165, 1.54) is 5.56 Å². The van der Waals surface area contributed by atoms with Crippen LogP contribution < -0.4 is 10.7 Å². The van der Waals surface area contributed by atoms with E-state index < -0.39 is 0 Å². The van der Waals surface area contributed by atoms with Gasteiger partial charge in [-0.2, -0.15) is 5.10 Å². The Bertz CT molecular complexity index is 638. The van der Waals surface area contributed by atoms with Gasteiger partial charge >= 0.3 is 0 Å². The molecule has 0 aliphatic heterocycles. The minimum Gasteiger partial charge on any atom is -0.376 e. The van der Waals surface area contributed by atoms with Crippen LogP contribution in [0.1, 0.15) is 11.1 Å². The number of nitrogens with one attached hydrogen (secondary N) is 2. The molecule has 21 heavy (non-hydrogen) atoms. The first-order valence-electron chi connectivity index (χ1n) is 6.51. The summed E-state index contributed by atoms with van der Waals surface area (Å²) in [5.74, 6) is -0.193. The monoisotopic (exact) mass is 345 g/mol. The lowest BCUT2D eigenvalue weighted by Gasteiger charge is -2.05. The van der Waals surface area contributed by atoms with Gasteiger partial charge in [0, 0.05) is 10.2 Å². The van der Waals surface area contributed by atoms with Gasteiger partial charge in [-0.3, -0.25) is 4.79 Å². The molecule has 5 heteroatoms. The fourth-order valence-corrected chi connectivity index (χ4v) is 2.08. The van der Waals surface area contributed by atoms with Crippen molar-refractivity contribution in [2.45, 2.75) is 6.92 Å². The van der Waals surface area contributed by atoms with Gasteiger partial charge in [-0.15, -0.1) is 0 Å². The predicted octanol–water partition coefficient (Wildman–Crippen LogP) is 3.32. The number of rotatable bonds is 5. The van der Waals surface area contributed by atoms with Crippen molar-refractivity contribution >= 4 is 33.7 Å². The van der Waals surface area contributed by atoms with Crippen molar-refractivity contribution in [1.29, 1.82) is 0 Å². The van der Waals surface area contributed by atoms with Crippen LogP contribution in [0.15, 0.2) is 58.1 Å². The van der Waals surface area contributed by atoms with Crippen LogP contribution in [0.3, 0.4) is 0 Å². The SMILES string of the molecule is Cc1ccc(NCC(=O)N/N=C/c2cccc(Br)c2)cc1. The zero-order chi connectivity index (χ0) is 15.1. The average molecular weight is 346 g/mol. The van der Waals surface area contributed by atoms with Gasteiger partial charge in [0.15, 0.2) is 0 Å². The summed E-state index contributed by atoms with van der Waals surface area (Å²) in [6, 6.07) is 15.5. The highest BCUT2D eigenvalue weighted by Crippen LogP contribution is 2.10. The van der Waals surface area contributed by atoms with E-state index in [1.807, 2.05) is 55.5 Å². The number of hydrogen-bond donors (Lipinski definition) is 2. The summed E-state index contributed by atoms with van der Waals surface area (Å²) in [7, 11) is 0. The summed E-state index contributed by atoms with van der Waals surface area (Å²) < 4.78 is 0.971. The van der Waals surface area contributed by atoms with Crippen molar-refractivity contribution in [2.75, 3.05) is 11.9 Å². The fraction of sp³-hybridized carbons (Fsp3) is 0.125. The number of anilines is 1. The predicted molar refractivity (Wildman–Crippen MR) is 89.5 cm³/mol. The van der Waals surface area contributed by atoms with Crippen LogP contribution in [0, 0.1) is 6.92 Å². The Kier molecular flexibility index (Phi) is 5.51. The second-order valence-electron chi connectivity index (χ2n) is 4.57. The summed E-state index contributed by atoms with van der Waals surface area (Å²) in [6.45, 7) is 2.20. The summed E-state index contributed by atoms with van der Waals surface area (Å²) in [6.07, 6.45) is 1.61. The molecule has 2 N–H and O–H groups in total. The normalized spacial score (nSPS) is 10.6. The molecule has 0 atom stereocenters. The lowest BCUT2D eigenvalue weighted by Crippen LogP contribution is -2.25. The van der Waals surface area contributed by atoms with Gasteiger partial charge < -0.3 is 5.32 Å². The van der Waals surface area contributed by atoms with Crippen LogP contribution in [0.25, 0.3) is 0 Å². The van der Waals surface area contributed by atoms with Crippen LogP contribution in [0.5, 0.6) is 0 Å². The summed E-state index contributed by atoms with van der Waals surface area (Å²) >= 11 is 3.38. The number of amides is 1. The average Bonchev–Trinajstić information content (AvgIpc) is 2.47. The molecule has 0 radical (unpaired) electrons. The summed E-state index contributed by atoms with van der Waals surface area (Å²) in [5, 5.41) is 6.96. The number of carbonyl (C=O) groups is 1. The Labute approximate surface area is 132 Å². The van der Waals surface area contributed by atoms with Crippen molar-refractivity contribution in [3.8, 4) is 0 Å². The number of halogens is 1. The molecule has 108 valence electrons. The molecule has 0 fully saturated rings. The quantitative estimate of drug-likeness (QED) is 0.645. The molecule has 0 saturated heterocycles. The maximum atomic E-state index is 11.6. The Morgan fingerprint density at radius 1 is 1.24 bits per heavy atom. The molecule has 1 amide bonds. The molecule has 0 aliphatic rings. The first-order chi connectivity index (χ1) is 10.1.